The summed E-state index contributed by atoms with van der Waals surface area (Å²) in [5.74, 6) is 1.78. The lowest BCUT2D eigenvalue weighted by molar-refractivity contribution is 0.0663. The van der Waals surface area contributed by atoms with Gasteiger partial charge in [0, 0.05) is 19.3 Å². The fourth-order valence-corrected chi connectivity index (χ4v) is 2.69. The third kappa shape index (κ3) is 3.29. The first-order chi connectivity index (χ1) is 10.1. The van der Waals surface area contributed by atoms with Crippen LogP contribution in [-0.4, -0.2) is 33.7 Å². The Hall–Kier alpha value is -1.75. The monoisotopic (exact) mass is 307 g/mol. The average Bonchev–Trinajstić information content (AvgIpc) is 3.09. The topological polar surface area (TPSA) is 51.3 Å². The normalized spacial score (nSPS) is 16.4. The van der Waals surface area contributed by atoms with Crippen molar-refractivity contribution in [3.8, 4) is 0 Å². The number of aromatic nitrogens is 2. The molecule has 21 heavy (non-hydrogen) atoms. The Morgan fingerprint density at radius 1 is 1.43 bits per heavy atom. The molecular weight excluding hydrogens is 290 g/mol. The average molecular weight is 308 g/mol. The lowest BCUT2D eigenvalue weighted by atomic mass is 9.99. The van der Waals surface area contributed by atoms with Crippen molar-refractivity contribution >= 4 is 17.5 Å². The molecule has 0 aliphatic carbocycles. The Kier molecular flexibility index (Phi) is 4.01. The molecule has 5 nitrogen and oxygen atoms in total. The summed E-state index contributed by atoms with van der Waals surface area (Å²) in [7, 11) is 0. The molecule has 0 saturated carbocycles. The zero-order valence-corrected chi connectivity index (χ0v) is 12.7. The second-order valence-electron chi connectivity index (χ2n) is 5.60. The second-order valence-corrected chi connectivity index (χ2v) is 6.03. The van der Waals surface area contributed by atoms with Gasteiger partial charge in [-0.3, -0.25) is 9.48 Å². The first-order valence-corrected chi connectivity index (χ1v) is 7.55. The molecule has 0 aromatic carbocycles. The molecule has 1 amide bonds. The van der Waals surface area contributed by atoms with Crippen molar-refractivity contribution in [3.63, 3.8) is 0 Å². The summed E-state index contributed by atoms with van der Waals surface area (Å²) in [6.45, 7) is 4.31. The minimum atomic E-state index is -0.0216. The predicted octanol–water partition coefficient (Wildman–Crippen LogP) is 3.05. The molecule has 112 valence electrons. The predicted molar refractivity (Wildman–Crippen MR) is 79.3 cm³/mol. The number of amides is 1. The lowest BCUT2D eigenvalue weighted by Crippen LogP contribution is -2.37. The van der Waals surface area contributed by atoms with Gasteiger partial charge in [-0.1, -0.05) is 18.5 Å². The molecule has 0 spiro atoms. The number of nitrogens with zero attached hydrogens (tertiary/aromatic N) is 3. The smallest absolute Gasteiger partial charge is 0.289 e. The minimum absolute atomic E-state index is 0.0216. The van der Waals surface area contributed by atoms with Gasteiger partial charge in [-0.05, 0) is 30.9 Å². The molecule has 6 heteroatoms. The summed E-state index contributed by atoms with van der Waals surface area (Å²) >= 11 is 5.82. The fourth-order valence-electron chi connectivity index (χ4n) is 2.53. The lowest BCUT2D eigenvalue weighted by Gasteiger charge is -2.29. The maximum absolute atomic E-state index is 12.4. The highest BCUT2D eigenvalue weighted by Gasteiger charge is 2.23. The van der Waals surface area contributed by atoms with Gasteiger partial charge in [0.05, 0.1) is 17.8 Å². The molecule has 1 saturated heterocycles. The first-order valence-electron chi connectivity index (χ1n) is 7.18. The zero-order chi connectivity index (χ0) is 14.8. The van der Waals surface area contributed by atoms with Gasteiger partial charge in [0.1, 0.15) is 5.76 Å². The van der Waals surface area contributed by atoms with Gasteiger partial charge in [0.15, 0.2) is 5.76 Å². The fraction of sp³-hybridized carbons (Fsp3) is 0.467. The van der Waals surface area contributed by atoms with E-state index >= 15 is 0 Å². The maximum atomic E-state index is 12.4. The third-order valence-electron chi connectivity index (χ3n) is 3.86. The van der Waals surface area contributed by atoms with Crippen LogP contribution in [0.3, 0.4) is 0 Å². The standard InChI is InChI=1S/C15H18ClN3O2/c1-11-4-6-18(7-5-11)15(20)14-3-2-13(21-14)10-19-9-12(16)8-17-19/h2-3,8-9,11H,4-7,10H2,1H3. The molecular formula is C15H18ClN3O2. The van der Waals surface area contributed by atoms with Crippen molar-refractivity contribution in [3.05, 3.63) is 41.1 Å². The van der Waals surface area contributed by atoms with Gasteiger partial charge in [-0.2, -0.15) is 5.10 Å². The summed E-state index contributed by atoms with van der Waals surface area (Å²) < 4.78 is 7.32. The van der Waals surface area contributed by atoms with Crippen LogP contribution in [0.4, 0.5) is 0 Å². The van der Waals surface area contributed by atoms with Gasteiger partial charge in [0.25, 0.3) is 5.91 Å². The van der Waals surface area contributed by atoms with E-state index < -0.39 is 0 Å². The van der Waals surface area contributed by atoms with Gasteiger partial charge < -0.3 is 9.32 Å². The number of carbonyl (C=O) groups excluding carboxylic acids is 1. The third-order valence-corrected chi connectivity index (χ3v) is 4.06. The molecule has 2 aromatic heterocycles. The van der Waals surface area contributed by atoms with E-state index in [-0.39, 0.29) is 5.91 Å². The highest BCUT2D eigenvalue weighted by molar-refractivity contribution is 6.30. The van der Waals surface area contributed by atoms with Gasteiger partial charge in [-0.15, -0.1) is 0 Å². The van der Waals surface area contributed by atoms with E-state index in [0.29, 0.717) is 29.0 Å². The van der Waals surface area contributed by atoms with Gasteiger partial charge >= 0.3 is 0 Å². The summed E-state index contributed by atoms with van der Waals surface area (Å²) in [6.07, 6.45) is 5.42. The van der Waals surface area contributed by atoms with E-state index in [9.17, 15) is 4.79 Å². The molecule has 0 atom stereocenters. The van der Waals surface area contributed by atoms with Crippen molar-refractivity contribution in [1.29, 1.82) is 0 Å². The summed E-state index contributed by atoms with van der Waals surface area (Å²) in [5, 5.41) is 4.68. The Labute approximate surface area is 128 Å². The molecule has 3 heterocycles. The minimum Gasteiger partial charge on any atom is -0.454 e. The molecule has 0 radical (unpaired) electrons. The number of likely N-dealkylation sites (tertiary alicyclic amines) is 1. The zero-order valence-electron chi connectivity index (χ0n) is 12.0. The largest absolute Gasteiger partial charge is 0.454 e. The Morgan fingerprint density at radius 3 is 2.86 bits per heavy atom. The first kappa shape index (κ1) is 14.2. The van der Waals surface area contributed by atoms with Crippen molar-refractivity contribution in [2.75, 3.05) is 13.1 Å². The van der Waals surface area contributed by atoms with Crippen LogP contribution in [0.1, 0.15) is 36.1 Å². The number of hydrogen-bond acceptors (Lipinski definition) is 3. The van der Waals surface area contributed by atoms with Crippen LogP contribution in [0.15, 0.2) is 28.9 Å². The summed E-state index contributed by atoms with van der Waals surface area (Å²) in [6, 6.07) is 3.55. The summed E-state index contributed by atoms with van der Waals surface area (Å²) in [4.78, 5) is 14.2. The van der Waals surface area contributed by atoms with Crippen LogP contribution >= 0.6 is 11.6 Å². The molecule has 0 unspecified atom stereocenters. The molecule has 1 fully saturated rings. The van der Waals surface area contributed by atoms with E-state index in [4.69, 9.17) is 16.0 Å². The van der Waals surface area contributed by atoms with E-state index in [1.165, 1.54) is 0 Å². The Morgan fingerprint density at radius 2 is 2.19 bits per heavy atom. The van der Waals surface area contributed by atoms with Crippen LogP contribution in [0.25, 0.3) is 0 Å². The van der Waals surface area contributed by atoms with Crippen LogP contribution in [-0.2, 0) is 6.54 Å². The number of carbonyl (C=O) groups is 1. The highest BCUT2D eigenvalue weighted by atomic mass is 35.5. The van der Waals surface area contributed by atoms with Crippen LogP contribution < -0.4 is 0 Å². The van der Waals surface area contributed by atoms with E-state index in [1.54, 1.807) is 23.1 Å². The molecule has 3 rings (SSSR count). The van der Waals surface area contributed by atoms with E-state index in [0.717, 1.165) is 25.9 Å². The van der Waals surface area contributed by atoms with Crippen LogP contribution in [0.5, 0.6) is 0 Å². The second kappa shape index (κ2) is 5.93. The molecule has 0 bridgehead atoms. The number of rotatable bonds is 3. The molecule has 0 N–H and O–H groups in total. The van der Waals surface area contributed by atoms with Gasteiger partial charge in [-0.25, -0.2) is 0 Å². The quantitative estimate of drug-likeness (QED) is 0.875. The number of piperidine rings is 1. The van der Waals surface area contributed by atoms with Crippen LogP contribution in [0.2, 0.25) is 5.02 Å². The van der Waals surface area contributed by atoms with Crippen molar-refractivity contribution < 1.29 is 9.21 Å². The van der Waals surface area contributed by atoms with Crippen LogP contribution in [0, 0.1) is 5.92 Å². The Bertz CT molecular complexity index is 626. The molecule has 1 aliphatic heterocycles. The van der Waals surface area contributed by atoms with Crippen molar-refractivity contribution in [2.45, 2.75) is 26.3 Å². The van der Waals surface area contributed by atoms with Gasteiger partial charge in [0.2, 0.25) is 0 Å². The van der Waals surface area contributed by atoms with E-state index in [2.05, 4.69) is 12.0 Å². The summed E-state index contributed by atoms with van der Waals surface area (Å²) in [5.41, 5.74) is 0. The molecule has 2 aromatic rings. The Balaban J connectivity index is 1.65. The number of hydrogen-bond donors (Lipinski definition) is 0. The van der Waals surface area contributed by atoms with E-state index in [1.807, 2.05) is 11.0 Å². The molecule has 1 aliphatic rings. The van der Waals surface area contributed by atoms with Crippen molar-refractivity contribution in [1.82, 2.24) is 14.7 Å². The highest BCUT2D eigenvalue weighted by Crippen LogP contribution is 2.19. The number of furan rings is 1. The maximum Gasteiger partial charge on any atom is 0.289 e. The van der Waals surface area contributed by atoms with Crippen molar-refractivity contribution in [2.24, 2.45) is 5.92 Å². The number of halogens is 1. The SMILES string of the molecule is CC1CCN(C(=O)c2ccc(Cn3cc(Cl)cn3)o2)CC1.